The summed E-state index contributed by atoms with van der Waals surface area (Å²) < 4.78 is 0. The summed E-state index contributed by atoms with van der Waals surface area (Å²) >= 11 is 1.65. The second-order valence-electron chi connectivity index (χ2n) is 9.59. The number of hydrogen-bond donors (Lipinski definition) is 1. The van der Waals surface area contributed by atoms with E-state index in [1.807, 2.05) is 43.3 Å². The molecular formula is C28H35NOS. The largest absolute Gasteiger partial charge is 0.507 e. The van der Waals surface area contributed by atoms with Crippen LogP contribution in [0, 0.1) is 0 Å². The number of allylic oxidation sites excluding steroid dienone is 4. The summed E-state index contributed by atoms with van der Waals surface area (Å²) in [6.07, 6.45) is 9.63. The Bertz CT molecular complexity index is 1010. The summed E-state index contributed by atoms with van der Waals surface area (Å²) in [7, 11) is 0. The second kappa shape index (κ2) is 10.2. The van der Waals surface area contributed by atoms with E-state index in [2.05, 4.69) is 66.3 Å². The Morgan fingerprint density at radius 1 is 1.03 bits per heavy atom. The zero-order chi connectivity index (χ0) is 23.2. The Balaban J connectivity index is 2.54. The third kappa shape index (κ3) is 6.73. The van der Waals surface area contributed by atoms with Gasteiger partial charge < -0.3 is 5.11 Å². The van der Waals surface area contributed by atoms with Gasteiger partial charge in [0.2, 0.25) is 0 Å². The molecule has 31 heavy (non-hydrogen) atoms. The molecule has 0 heterocycles. The average Bonchev–Trinajstić information content (AvgIpc) is 2.66. The van der Waals surface area contributed by atoms with Crippen LogP contribution in [0.3, 0.4) is 0 Å². The number of benzene rings is 2. The molecule has 0 aliphatic rings. The molecule has 0 saturated carbocycles. The SMILES string of the molecule is C=C/C=C(\C=C/C)Sc1ccccc1N=Cc1cc(C(C)(C)C)cc(C(C)(C)C)c1O. The molecule has 0 aliphatic heterocycles. The lowest BCUT2D eigenvalue weighted by molar-refractivity contribution is 0.444. The highest BCUT2D eigenvalue weighted by atomic mass is 32.2. The number of aromatic hydroxyl groups is 1. The van der Waals surface area contributed by atoms with Crippen molar-refractivity contribution in [2.75, 3.05) is 0 Å². The number of phenolic OH excluding ortho intramolecular Hbond substituents is 1. The van der Waals surface area contributed by atoms with Gasteiger partial charge >= 0.3 is 0 Å². The van der Waals surface area contributed by atoms with Crippen molar-refractivity contribution in [3.8, 4) is 5.75 Å². The number of nitrogens with zero attached hydrogens (tertiary/aromatic N) is 1. The van der Waals surface area contributed by atoms with Gasteiger partial charge in [-0.15, -0.1) is 0 Å². The van der Waals surface area contributed by atoms with Gasteiger partial charge in [0.15, 0.2) is 0 Å². The van der Waals surface area contributed by atoms with Crippen molar-refractivity contribution in [3.63, 3.8) is 0 Å². The van der Waals surface area contributed by atoms with Gasteiger partial charge in [0.25, 0.3) is 0 Å². The van der Waals surface area contributed by atoms with Gasteiger partial charge in [-0.25, -0.2) is 0 Å². The Morgan fingerprint density at radius 3 is 2.29 bits per heavy atom. The number of rotatable bonds is 6. The third-order valence-electron chi connectivity index (χ3n) is 4.86. The molecule has 2 rings (SSSR count). The van der Waals surface area contributed by atoms with Gasteiger partial charge in [0.05, 0.1) is 5.69 Å². The van der Waals surface area contributed by atoms with Gasteiger partial charge in [-0.05, 0) is 47.6 Å². The summed E-state index contributed by atoms with van der Waals surface area (Å²) in [5.41, 5.74) is 3.54. The minimum atomic E-state index is -0.168. The fourth-order valence-corrected chi connectivity index (χ4v) is 4.07. The van der Waals surface area contributed by atoms with Crippen LogP contribution in [0.2, 0.25) is 0 Å². The molecule has 0 aromatic heterocycles. The molecule has 3 heteroatoms. The Labute approximate surface area is 192 Å². The van der Waals surface area contributed by atoms with E-state index in [1.54, 1.807) is 24.1 Å². The quantitative estimate of drug-likeness (QED) is 0.281. The molecule has 0 saturated heterocycles. The van der Waals surface area contributed by atoms with Gasteiger partial charge in [-0.1, -0.05) is 96.3 Å². The topological polar surface area (TPSA) is 32.6 Å². The number of aliphatic imine (C=N–C) groups is 1. The highest BCUT2D eigenvalue weighted by molar-refractivity contribution is 8.03. The minimum absolute atomic E-state index is 0.0269. The smallest absolute Gasteiger partial charge is 0.128 e. The van der Waals surface area contributed by atoms with Crippen LogP contribution in [0.25, 0.3) is 0 Å². The van der Waals surface area contributed by atoms with E-state index in [0.717, 1.165) is 26.6 Å². The predicted molar refractivity (Wildman–Crippen MR) is 138 cm³/mol. The maximum absolute atomic E-state index is 11.0. The number of phenols is 1. The van der Waals surface area contributed by atoms with Crippen molar-refractivity contribution in [2.45, 2.75) is 64.2 Å². The van der Waals surface area contributed by atoms with Crippen molar-refractivity contribution in [3.05, 3.63) is 88.9 Å². The summed E-state index contributed by atoms with van der Waals surface area (Å²) in [5.74, 6) is 0.301. The van der Waals surface area contributed by atoms with Crippen LogP contribution in [0.5, 0.6) is 5.75 Å². The molecule has 0 fully saturated rings. The standard InChI is InChI=1S/C28H35NOS/c1-9-13-22(14-10-2)31-25-16-12-11-15-24(25)29-19-20-17-21(27(3,4)5)18-23(26(20)30)28(6,7)8/h9-19,30H,1H2,2-8H3/b14-10-,22-13+,29-19?. The first-order valence-corrected chi connectivity index (χ1v) is 11.4. The van der Waals surface area contributed by atoms with Crippen LogP contribution < -0.4 is 0 Å². The lowest BCUT2D eigenvalue weighted by atomic mass is 9.79. The molecule has 0 bridgehead atoms. The second-order valence-corrected chi connectivity index (χ2v) is 10.7. The summed E-state index contributed by atoms with van der Waals surface area (Å²) in [5, 5.41) is 11.0. The molecule has 2 aromatic carbocycles. The molecular weight excluding hydrogens is 398 g/mol. The first-order valence-electron chi connectivity index (χ1n) is 10.6. The molecule has 0 radical (unpaired) electrons. The Morgan fingerprint density at radius 2 is 1.71 bits per heavy atom. The van der Waals surface area contributed by atoms with E-state index >= 15 is 0 Å². The first-order chi connectivity index (χ1) is 14.5. The summed E-state index contributed by atoms with van der Waals surface area (Å²) in [4.78, 5) is 6.91. The molecule has 0 amide bonds. The van der Waals surface area contributed by atoms with Crippen LogP contribution >= 0.6 is 11.8 Å². The van der Waals surface area contributed by atoms with Crippen LogP contribution in [0.1, 0.15) is 65.2 Å². The van der Waals surface area contributed by atoms with Gasteiger partial charge in [0, 0.05) is 27.1 Å². The Hall–Kier alpha value is -2.52. The fraction of sp³-hybridized carbons (Fsp3) is 0.321. The Kier molecular flexibility index (Phi) is 8.14. The fourth-order valence-electron chi connectivity index (χ4n) is 3.08. The van der Waals surface area contributed by atoms with E-state index in [0.29, 0.717) is 5.75 Å². The molecule has 164 valence electrons. The minimum Gasteiger partial charge on any atom is -0.507 e. The molecule has 0 unspecified atom stereocenters. The molecule has 0 atom stereocenters. The molecule has 0 aliphatic carbocycles. The predicted octanol–water partition coefficient (Wildman–Crippen LogP) is 8.48. The van der Waals surface area contributed by atoms with Crippen LogP contribution in [-0.2, 0) is 10.8 Å². The van der Waals surface area contributed by atoms with Gasteiger partial charge in [-0.2, -0.15) is 0 Å². The van der Waals surface area contributed by atoms with Gasteiger partial charge in [-0.3, -0.25) is 4.99 Å². The van der Waals surface area contributed by atoms with E-state index in [9.17, 15) is 5.11 Å². The van der Waals surface area contributed by atoms with Crippen LogP contribution in [0.4, 0.5) is 5.69 Å². The van der Waals surface area contributed by atoms with Crippen molar-refractivity contribution in [1.29, 1.82) is 0 Å². The van der Waals surface area contributed by atoms with Crippen molar-refractivity contribution >= 4 is 23.7 Å². The van der Waals surface area contributed by atoms with E-state index < -0.39 is 0 Å². The number of thioether (sulfide) groups is 1. The lowest BCUT2D eigenvalue weighted by Gasteiger charge is -2.27. The highest BCUT2D eigenvalue weighted by Crippen LogP contribution is 2.38. The van der Waals surface area contributed by atoms with Crippen LogP contribution in [0.15, 0.2) is 82.1 Å². The monoisotopic (exact) mass is 433 g/mol. The van der Waals surface area contributed by atoms with E-state index in [-0.39, 0.29) is 10.8 Å². The summed E-state index contributed by atoms with van der Waals surface area (Å²) in [6.45, 7) is 18.7. The first kappa shape index (κ1) is 24.7. The van der Waals surface area contributed by atoms with Crippen molar-refractivity contribution in [1.82, 2.24) is 0 Å². The third-order valence-corrected chi connectivity index (χ3v) is 5.94. The zero-order valence-corrected chi connectivity index (χ0v) is 20.7. The molecule has 2 aromatic rings. The maximum atomic E-state index is 11.0. The lowest BCUT2D eigenvalue weighted by Crippen LogP contribution is -2.17. The molecule has 1 N–H and O–H groups in total. The maximum Gasteiger partial charge on any atom is 0.128 e. The average molecular weight is 434 g/mol. The zero-order valence-electron chi connectivity index (χ0n) is 19.9. The highest BCUT2D eigenvalue weighted by Gasteiger charge is 2.24. The normalized spacial score (nSPS) is 13.3. The number of para-hydroxylation sites is 1. The van der Waals surface area contributed by atoms with Crippen molar-refractivity contribution in [2.24, 2.45) is 4.99 Å². The summed E-state index contributed by atoms with van der Waals surface area (Å²) in [6, 6.07) is 12.2. The van der Waals surface area contributed by atoms with Crippen molar-refractivity contribution < 1.29 is 5.11 Å². The molecule has 2 nitrogen and oxygen atoms in total. The van der Waals surface area contributed by atoms with E-state index in [1.165, 1.54) is 5.56 Å². The molecule has 0 spiro atoms. The van der Waals surface area contributed by atoms with Crippen LogP contribution in [-0.4, -0.2) is 11.3 Å². The van der Waals surface area contributed by atoms with Gasteiger partial charge in [0.1, 0.15) is 5.75 Å². The number of hydrogen-bond acceptors (Lipinski definition) is 3. The van der Waals surface area contributed by atoms with E-state index in [4.69, 9.17) is 4.99 Å².